The first-order valence-corrected chi connectivity index (χ1v) is 11.7. The number of carbonyl (C=O) groups is 1. The van der Waals surface area contributed by atoms with E-state index in [2.05, 4.69) is 24.0 Å². The largest absolute Gasteiger partial charge is 0.353 e. The third-order valence-corrected chi connectivity index (χ3v) is 6.22. The number of hydrogen-bond donors (Lipinski definition) is 0. The van der Waals surface area contributed by atoms with Crippen LogP contribution in [-0.4, -0.2) is 66.1 Å². The van der Waals surface area contributed by atoms with Gasteiger partial charge in [0.2, 0.25) is 0 Å². The number of nitrogens with zero attached hydrogens (tertiary/aromatic N) is 5. The molecule has 0 bridgehead atoms. The van der Waals surface area contributed by atoms with E-state index in [4.69, 9.17) is 21.6 Å². The zero-order chi connectivity index (χ0) is 23.4. The normalized spacial score (nSPS) is 13.8. The smallest absolute Gasteiger partial charge is 0.319 e. The second kappa shape index (κ2) is 10.2. The van der Waals surface area contributed by atoms with E-state index in [1.54, 1.807) is 19.0 Å². The number of halogens is 1. The number of amides is 2. The van der Waals surface area contributed by atoms with Gasteiger partial charge in [-0.15, -0.1) is 0 Å². The second-order valence-corrected chi connectivity index (χ2v) is 8.91. The highest BCUT2D eigenvalue weighted by Gasteiger charge is 2.26. The van der Waals surface area contributed by atoms with Crippen molar-refractivity contribution in [3.8, 4) is 11.4 Å². The molecule has 0 atom stereocenters. The van der Waals surface area contributed by atoms with Crippen molar-refractivity contribution < 1.29 is 4.79 Å². The minimum Gasteiger partial charge on any atom is -0.353 e. The summed E-state index contributed by atoms with van der Waals surface area (Å²) in [5.74, 6) is 1.71. The summed E-state index contributed by atoms with van der Waals surface area (Å²) in [5.41, 5.74) is 4.38. The number of hydrogen-bond acceptors (Lipinski definition) is 4. The molecule has 3 aromatic rings. The maximum atomic E-state index is 12.4. The number of benzene rings is 2. The number of carbonyl (C=O) groups excluding carboxylic acids is 1. The first-order chi connectivity index (χ1) is 16.0. The van der Waals surface area contributed by atoms with Gasteiger partial charge in [-0.05, 0) is 24.1 Å². The van der Waals surface area contributed by atoms with Crippen LogP contribution in [0, 0.1) is 0 Å². The van der Waals surface area contributed by atoms with Gasteiger partial charge >= 0.3 is 6.03 Å². The fourth-order valence-electron chi connectivity index (χ4n) is 4.17. The van der Waals surface area contributed by atoms with Crippen molar-refractivity contribution in [3.63, 3.8) is 0 Å². The Morgan fingerprint density at radius 3 is 2.24 bits per heavy atom. The molecule has 4 rings (SSSR count). The Morgan fingerprint density at radius 2 is 1.64 bits per heavy atom. The Morgan fingerprint density at radius 1 is 0.970 bits per heavy atom. The van der Waals surface area contributed by atoms with Crippen LogP contribution in [0.4, 0.5) is 10.6 Å². The Kier molecular flexibility index (Phi) is 7.14. The highest BCUT2D eigenvalue weighted by Crippen LogP contribution is 2.29. The maximum Gasteiger partial charge on any atom is 0.319 e. The summed E-state index contributed by atoms with van der Waals surface area (Å²) in [4.78, 5) is 28.3. The van der Waals surface area contributed by atoms with Crippen LogP contribution >= 0.6 is 11.6 Å². The predicted molar refractivity (Wildman–Crippen MR) is 134 cm³/mol. The number of urea groups is 1. The second-order valence-electron chi connectivity index (χ2n) is 8.47. The molecule has 0 radical (unpaired) electrons. The minimum absolute atomic E-state index is 0.0537. The molecule has 2 aromatic carbocycles. The van der Waals surface area contributed by atoms with Crippen molar-refractivity contribution in [2.45, 2.75) is 19.8 Å². The molecule has 0 spiro atoms. The molecule has 172 valence electrons. The van der Waals surface area contributed by atoms with E-state index in [-0.39, 0.29) is 6.03 Å². The van der Waals surface area contributed by atoms with Gasteiger partial charge in [0.05, 0.1) is 0 Å². The van der Waals surface area contributed by atoms with Crippen molar-refractivity contribution in [2.24, 2.45) is 0 Å². The molecule has 2 amide bonds. The maximum absolute atomic E-state index is 12.4. The van der Waals surface area contributed by atoms with Crippen LogP contribution in [0.25, 0.3) is 11.4 Å². The van der Waals surface area contributed by atoms with Crippen molar-refractivity contribution in [1.29, 1.82) is 0 Å². The standard InChI is InChI=1S/C26H30ClN5O/c1-4-23-22(18-19-10-12-21(27)13-11-19)25(29-24(28-23)20-8-6-5-7-9-20)31-14-16-32(17-15-31)26(33)30(2)3/h5-13H,4,14-18H2,1-3H3. The SMILES string of the molecule is CCc1nc(-c2ccccc2)nc(N2CCN(C(=O)N(C)C)CC2)c1Cc1ccc(Cl)cc1. The summed E-state index contributed by atoms with van der Waals surface area (Å²) >= 11 is 6.11. The van der Waals surface area contributed by atoms with Crippen LogP contribution in [0.1, 0.15) is 23.7 Å². The van der Waals surface area contributed by atoms with E-state index >= 15 is 0 Å². The topological polar surface area (TPSA) is 52.6 Å². The fourth-order valence-corrected chi connectivity index (χ4v) is 4.29. The zero-order valence-electron chi connectivity index (χ0n) is 19.5. The van der Waals surface area contributed by atoms with E-state index < -0.39 is 0 Å². The number of anilines is 1. The zero-order valence-corrected chi connectivity index (χ0v) is 20.2. The Hall–Kier alpha value is -3.12. The number of piperazine rings is 1. The van der Waals surface area contributed by atoms with Gasteiger partial charge in [0, 0.05) is 68.5 Å². The summed E-state index contributed by atoms with van der Waals surface area (Å²) in [5, 5.41) is 0.729. The van der Waals surface area contributed by atoms with Crippen LogP contribution in [-0.2, 0) is 12.8 Å². The van der Waals surface area contributed by atoms with Gasteiger partial charge in [0.25, 0.3) is 0 Å². The number of rotatable bonds is 5. The first-order valence-electron chi connectivity index (χ1n) is 11.4. The Labute approximate surface area is 200 Å². The average molecular weight is 464 g/mol. The molecular weight excluding hydrogens is 434 g/mol. The lowest BCUT2D eigenvalue weighted by atomic mass is 10.0. The summed E-state index contributed by atoms with van der Waals surface area (Å²) in [6.07, 6.45) is 1.55. The molecule has 6 nitrogen and oxygen atoms in total. The quantitative estimate of drug-likeness (QED) is 0.547. The summed E-state index contributed by atoms with van der Waals surface area (Å²) < 4.78 is 0. The molecule has 1 fully saturated rings. The van der Waals surface area contributed by atoms with Crippen molar-refractivity contribution >= 4 is 23.4 Å². The molecule has 1 aliphatic rings. The van der Waals surface area contributed by atoms with Gasteiger partial charge in [0.1, 0.15) is 5.82 Å². The van der Waals surface area contributed by atoms with Crippen LogP contribution in [0.3, 0.4) is 0 Å². The van der Waals surface area contributed by atoms with Crippen LogP contribution in [0.2, 0.25) is 5.02 Å². The summed E-state index contributed by atoms with van der Waals surface area (Å²) in [6, 6.07) is 18.1. The third kappa shape index (κ3) is 5.28. The molecule has 0 saturated carbocycles. The van der Waals surface area contributed by atoms with Crippen LogP contribution < -0.4 is 4.90 Å². The molecule has 0 unspecified atom stereocenters. The molecule has 1 aromatic heterocycles. The van der Waals surface area contributed by atoms with Gasteiger partial charge in [-0.25, -0.2) is 14.8 Å². The van der Waals surface area contributed by atoms with Gasteiger partial charge in [-0.3, -0.25) is 0 Å². The lowest BCUT2D eigenvalue weighted by molar-refractivity contribution is 0.168. The Balaban J connectivity index is 1.72. The van der Waals surface area contributed by atoms with Crippen molar-refractivity contribution in [3.05, 3.63) is 76.4 Å². The van der Waals surface area contributed by atoms with E-state index in [9.17, 15) is 4.79 Å². The van der Waals surface area contributed by atoms with E-state index in [0.717, 1.165) is 59.4 Å². The highest BCUT2D eigenvalue weighted by molar-refractivity contribution is 6.30. The Bertz CT molecular complexity index is 1090. The van der Waals surface area contributed by atoms with Gasteiger partial charge < -0.3 is 14.7 Å². The highest BCUT2D eigenvalue weighted by atomic mass is 35.5. The summed E-state index contributed by atoms with van der Waals surface area (Å²) in [6.45, 7) is 4.95. The average Bonchev–Trinajstić information content (AvgIpc) is 2.85. The molecule has 0 aliphatic carbocycles. The predicted octanol–water partition coefficient (Wildman–Crippen LogP) is 4.75. The first kappa shape index (κ1) is 23.1. The van der Waals surface area contributed by atoms with Gasteiger partial charge in [-0.2, -0.15) is 0 Å². The lowest BCUT2D eigenvalue weighted by Crippen LogP contribution is -2.52. The molecule has 1 saturated heterocycles. The molecule has 2 heterocycles. The number of aryl methyl sites for hydroxylation is 1. The molecule has 7 heteroatoms. The lowest BCUT2D eigenvalue weighted by Gasteiger charge is -2.37. The fraction of sp³-hybridized carbons (Fsp3) is 0.346. The molecule has 33 heavy (non-hydrogen) atoms. The van der Waals surface area contributed by atoms with Gasteiger partial charge in [-0.1, -0.05) is 61.0 Å². The van der Waals surface area contributed by atoms with E-state index in [0.29, 0.717) is 13.1 Å². The van der Waals surface area contributed by atoms with E-state index in [1.165, 1.54) is 5.56 Å². The molecule has 1 aliphatic heterocycles. The molecular formula is C26H30ClN5O. The third-order valence-electron chi connectivity index (χ3n) is 5.96. The number of aromatic nitrogens is 2. The molecule has 0 N–H and O–H groups in total. The summed E-state index contributed by atoms with van der Waals surface area (Å²) in [7, 11) is 3.59. The van der Waals surface area contributed by atoms with Crippen molar-refractivity contribution in [1.82, 2.24) is 19.8 Å². The van der Waals surface area contributed by atoms with Crippen LogP contribution in [0.15, 0.2) is 54.6 Å². The minimum atomic E-state index is 0.0537. The van der Waals surface area contributed by atoms with E-state index in [1.807, 2.05) is 47.4 Å². The monoisotopic (exact) mass is 463 g/mol. The van der Waals surface area contributed by atoms with Crippen molar-refractivity contribution in [2.75, 3.05) is 45.2 Å². The van der Waals surface area contributed by atoms with Gasteiger partial charge in [0.15, 0.2) is 5.82 Å². The van der Waals surface area contributed by atoms with Crippen LogP contribution in [0.5, 0.6) is 0 Å².